The minimum absolute atomic E-state index is 0.166. The first-order valence-electron chi connectivity index (χ1n) is 10.8. The average molecular weight is 466 g/mol. The lowest BCUT2D eigenvalue weighted by atomic mass is 9.95. The van der Waals surface area contributed by atoms with Crippen LogP contribution in [-0.4, -0.2) is 52.2 Å². The van der Waals surface area contributed by atoms with Crippen molar-refractivity contribution < 1.29 is 13.2 Å². The maximum atomic E-state index is 12.6. The molecule has 1 fully saturated rings. The second-order valence-electron chi connectivity index (χ2n) is 7.64. The van der Waals surface area contributed by atoms with Crippen LogP contribution in [0.15, 0.2) is 34.3 Å². The maximum Gasteiger partial charge on any atom is 0.243 e. The molecule has 3 rings (SSSR count). The number of rotatable bonds is 9. The van der Waals surface area contributed by atoms with E-state index >= 15 is 0 Å². The van der Waals surface area contributed by atoms with Crippen LogP contribution in [0.2, 0.25) is 0 Å². The molecular weight excluding hydrogens is 434 g/mol. The van der Waals surface area contributed by atoms with Gasteiger partial charge in [-0.15, -0.1) is 10.2 Å². The van der Waals surface area contributed by atoms with Gasteiger partial charge in [0.05, 0.1) is 10.6 Å². The molecule has 31 heavy (non-hydrogen) atoms. The van der Waals surface area contributed by atoms with E-state index in [4.69, 9.17) is 0 Å². The number of aryl methyl sites for hydroxylation is 1. The summed E-state index contributed by atoms with van der Waals surface area (Å²) in [6, 6.07) is 6.70. The Balaban J connectivity index is 1.60. The van der Waals surface area contributed by atoms with E-state index in [1.807, 2.05) is 20.8 Å². The number of aromatic nitrogens is 3. The molecular formula is C21H31N5O3S2. The molecule has 0 bridgehead atoms. The second-order valence-corrected chi connectivity index (χ2v) is 10.5. The molecule has 0 spiro atoms. The van der Waals surface area contributed by atoms with Crippen molar-refractivity contribution in [1.82, 2.24) is 19.1 Å². The second kappa shape index (κ2) is 10.6. The first kappa shape index (κ1) is 23.7. The van der Waals surface area contributed by atoms with E-state index in [0.29, 0.717) is 24.8 Å². The van der Waals surface area contributed by atoms with Crippen molar-refractivity contribution in [3.8, 4) is 0 Å². The number of carbonyl (C=O) groups is 1. The summed E-state index contributed by atoms with van der Waals surface area (Å²) in [4.78, 5) is 12.7. The van der Waals surface area contributed by atoms with Gasteiger partial charge in [-0.2, -0.15) is 4.31 Å². The molecule has 1 aliphatic rings. The Labute approximate surface area is 188 Å². The summed E-state index contributed by atoms with van der Waals surface area (Å²) < 4.78 is 28.7. The van der Waals surface area contributed by atoms with E-state index in [-0.39, 0.29) is 16.6 Å². The Morgan fingerprint density at radius 2 is 1.77 bits per heavy atom. The molecule has 1 N–H and O–H groups in total. The van der Waals surface area contributed by atoms with Crippen LogP contribution in [0.1, 0.15) is 57.8 Å². The summed E-state index contributed by atoms with van der Waals surface area (Å²) in [5, 5.41) is 12.1. The quantitative estimate of drug-likeness (QED) is 0.565. The molecule has 1 aliphatic carbocycles. The fourth-order valence-electron chi connectivity index (χ4n) is 3.96. The van der Waals surface area contributed by atoms with Gasteiger partial charge in [-0.1, -0.05) is 44.9 Å². The zero-order valence-corrected chi connectivity index (χ0v) is 20.0. The van der Waals surface area contributed by atoms with Crippen molar-refractivity contribution in [3.05, 3.63) is 30.1 Å². The zero-order valence-electron chi connectivity index (χ0n) is 18.4. The fraction of sp³-hybridized carbons (Fsp3) is 0.571. The molecule has 1 saturated carbocycles. The van der Waals surface area contributed by atoms with E-state index < -0.39 is 10.0 Å². The van der Waals surface area contributed by atoms with Gasteiger partial charge in [0.15, 0.2) is 5.16 Å². The number of nitrogens with one attached hydrogen (secondary N) is 1. The molecule has 10 heteroatoms. The first-order valence-corrected chi connectivity index (χ1v) is 13.2. The molecule has 1 aromatic carbocycles. The van der Waals surface area contributed by atoms with Gasteiger partial charge < -0.3 is 9.88 Å². The number of hydrogen-bond acceptors (Lipinski definition) is 6. The molecule has 0 aliphatic heterocycles. The van der Waals surface area contributed by atoms with Crippen LogP contribution < -0.4 is 5.32 Å². The molecule has 8 nitrogen and oxygen atoms in total. The van der Waals surface area contributed by atoms with Crippen LogP contribution in [-0.2, 0) is 14.8 Å². The molecule has 1 amide bonds. The van der Waals surface area contributed by atoms with Gasteiger partial charge in [-0.25, -0.2) is 8.42 Å². The predicted molar refractivity (Wildman–Crippen MR) is 123 cm³/mol. The number of anilines is 1. The topological polar surface area (TPSA) is 97.2 Å². The van der Waals surface area contributed by atoms with Gasteiger partial charge in [0.1, 0.15) is 5.82 Å². The highest BCUT2D eigenvalue weighted by molar-refractivity contribution is 7.99. The lowest BCUT2D eigenvalue weighted by Crippen LogP contribution is -2.30. The molecule has 170 valence electrons. The smallest absolute Gasteiger partial charge is 0.243 e. The largest absolute Gasteiger partial charge is 0.325 e. The molecule has 0 saturated heterocycles. The number of carbonyl (C=O) groups excluding carboxylic acids is 1. The van der Waals surface area contributed by atoms with Gasteiger partial charge in [0.2, 0.25) is 15.9 Å². The van der Waals surface area contributed by atoms with Gasteiger partial charge in [0, 0.05) is 24.8 Å². The van der Waals surface area contributed by atoms with Crippen LogP contribution in [0.5, 0.6) is 0 Å². The highest BCUT2D eigenvalue weighted by Gasteiger charge is 2.23. The van der Waals surface area contributed by atoms with Crippen LogP contribution in [0.4, 0.5) is 5.69 Å². The van der Waals surface area contributed by atoms with Gasteiger partial charge in [0.25, 0.3) is 0 Å². The van der Waals surface area contributed by atoms with Crippen molar-refractivity contribution in [2.45, 2.75) is 69.0 Å². The Morgan fingerprint density at radius 3 is 2.39 bits per heavy atom. The number of amides is 1. The minimum Gasteiger partial charge on any atom is -0.325 e. The molecule has 0 atom stereocenters. The number of sulfonamides is 1. The highest BCUT2D eigenvalue weighted by Crippen LogP contribution is 2.32. The van der Waals surface area contributed by atoms with E-state index in [2.05, 4.69) is 20.1 Å². The standard InChI is InChI=1S/C21H31N5O3S2/c1-4-25(5-2)31(28,29)19-13-11-17(12-14-19)22-20(27)15-30-21-24-23-16(3)26(21)18-9-7-6-8-10-18/h11-14,18H,4-10,15H2,1-3H3,(H,22,27). The summed E-state index contributed by atoms with van der Waals surface area (Å²) in [6.45, 7) is 6.41. The van der Waals surface area contributed by atoms with E-state index in [0.717, 1.165) is 23.8 Å². The zero-order chi connectivity index (χ0) is 22.4. The summed E-state index contributed by atoms with van der Waals surface area (Å²) in [6.07, 6.45) is 5.96. The number of benzene rings is 1. The van der Waals surface area contributed by atoms with Gasteiger partial charge in [-0.05, 0) is 44.0 Å². The van der Waals surface area contributed by atoms with Crippen molar-refractivity contribution in [2.24, 2.45) is 0 Å². The van der Waals surface area contributed by atoms with E-state index in [1.165, 1.54) is 47.5 Å². The van der Waals surface area contributed by atoms with Crippen LogP contribution >= 0.6 is 11.8 Å². The molecule has 0 radical (unpaired) electrons. The van der Waals surface area contributed by atoms with Crippen LogP contribution in [0.25, 0.3) is 0 Å². The minimum atomic E-state index is -3.51. The summed E-state index contributed by atoms with van der Waals surface area (Å²) >= 11 is 1.38. The fourth-order valence-corrected chi connectivity index (χ4v) is 6.27. The number of thioether (sulfide) groups is 1. The van der Waals surface area contributed by atoms with E-state index in [1.54, 1.807) is 12.1 Å². The van der Waals surface area contributed by atoms with Crippen molar-refractivity contribution in [1.29, 1.82) is 0 Å². The summed E-state index contributed by atoms with van der Waals surface area (Å²) in [5.74, 6) is 0.935. The Morgan fingerprint density at radius 1 is 1.13 bits per heavy atom. The highest BCUT2D eigenvalue weighted by atomic mass is 32.2. The normalized spacial score (nSPS) is 15.4. The number of nitrogens with zero attached hydrogens (tertiary/aromatic N) is 4. The van der Waals surface area contributed by atoms with Crippen LogP contribution in [0.3, 0.4) is 0 Å². The third-order valence-corrected chi connectivity index (χ3v) is 8.60. The third-order valence-electron chi connectivity index (χ3n) is 5.59. The summed E-state index contributed by atoms with van der Waals surface area (Å²) in [5.41, 5.74) is 0.564. The molecule has 1 aromatic heterocycles. The Kier molecular flexibility index (Phi) is 8.12. The maximum absolute atomic E-state index is 12.6. The molecule has 2 aromatic rings. The predicted octanol–water partition coefficient (Wildman–Crippen LogP) is 3.85. The van der Waals surface area contributed by atoms with Gasteiger partial charge >= 0.3 is 0 Å². The first-order chi connectivity index (χ1) is 14.9. The third kappa shape index (κ3) is 5.67. The van der Waals surface area contributed by atoms with Gasteiger partial charge in [-0.3, -0.25) is 4.79 Å². The molecule has 1 heterocycles. The lowest BCUT2D eigenvalue weighted by molar-refractivity contribution is -0.113. The summed E-state index contributed by atoms with van der Waals surface area (Å²) in [7, 11) is -3.51. The van der Waals surface area contributed by atoms with Crippen molar-refractivity contribution >= 4 is 33.4 Å². The van der Waals surface area contributed by atoms with Crippen molar-refractivity contribution in [2.75, 3.05) is 24.2 Å². The number of hydrogen-bond donors (Lipinski definition) is 1. The van der Waals surface area contributed by atoms with Crippen LogP contribution in [0, 0.1) is 6.92 Å². The molecule has 0 unspecified atom stereocenters. The van der Waals surface area contributed by atoms with Crippen molar-refractivity contribution in [3.63, 3.8) is 0 Å². The lowest BCUT2D eigenvalue weighted by Gasteiger charge is -2.24. The SMILES string of the molecule is CCN(CC)S(=O)(=O)c1ccc(NC(=O)CSc2nnc(C)n2C2CCCCC2)cc1. The monoisotopic (exact) mass is 465 g/mol. The Hall–Kier alpha value is -1.91. The average Bonchev–Trinajstić information content (AvgIpc) is 3.14. The van der Waals surface area contributed by atoms with E-state index in [9.17, 15) is 13.2 Å². The Bertz CT molecular complexity index is 979.